The Kier molecular flexibility index (Phi) is 4.56. The SMILES string of the molecule is COc1nc(N2CC3NC(=N)N(c4ccccc4C)S(=O)(=O)[C@@H]3C2)nc(C)c1F. The van der Waals surface area contributed by atoms with Gasteiger partial charge in [-0.25, -0.2) is 17.7 Å². The van der Waals surface area contributed by atoms with Gasteiger partial charge in [0.1, 0.15) is 5.25 Å². The molecular weight excluding hydrogens is 399 g/mol. The summed E-state index contributed by atoms with van der Waals surface area (Å²) in [5.41, 5.74) is 1.31. The average molecular weight is 420 g/mol. The van der Waals surface area contributed by atoms with Crippen LogP contribution in [0, 0.1) is 25.1 Å². The summed E-state index contributed by atoms with van der Waals surface area (Å²) in [6.07, 6.45) is 0. The summed E-state index contributed by atoms with van der Waals surface area (Å²) in [5, 5.41) is 10.5. The number of aromatic nitrogens is 2. The molecule has 29 heavy (non-hydrogen) atoms. The Balaban J connectivity index is 1.69. The van der Waals surface area contributed by atoms with Crippen LogP contribution < -0.4 is 19.3 Å². The fourth-order valence-corrected chi connectivity index (χ4v) is 5.71. The van der Waals surface area contributed by atoms with Gasteiger partial charge in [0.25, 0.3) is 5.88 Å². The molecule has 0 saturated carbocycles. The molecule has 4 rings (SSSR count). The van der Waals surface area contributed by atoms with E-state index in [1.54, 1.807) is 30.0 Å². The van der Waals surface area contributed by atoms with Gasteiger partial charge < -0.3 is 15.0 Å². The van der Waals surface area contributed by atoms with Crippen LogP contribution in [0.15, 0.2) is 24.3 Å². The number of hydrogen-bond donors (Lipinski definition) is 2. The molecule has 9 nitrogen and oxygen atoms in total. The summed E-state index contributed by atoms with van der Waals surface area (Å²) >= 11 is 0. The maximum Gasteiger partial charge on any atom is 0.255 e. The third-order valence-electron chi connectivity index (χ3n) is 5.21. The summed E-state index contributed by atoms with van der Waals surface area (Å²) in [7, 11) is -2.55. The predicted molar refractivity (Wildman–Crippen MR) is 107 cm³/mol. The Hall–Kier alpha value is -2.95. The molecule has 2 aliphatic rings. The Morgan fingerprint density at radius 1 is 1.24 bits per heavy atom. The standard InChI is InChI=1S/C18H21FN6O3S/c1-10-6-4-5-7-13(10)25-17(20)22-12-8-24(9-14(12)29(25,26)27)18-21-11(2)15(19)16(23-18)28-3/h4-7,12,14H,8-9H2,1-3H3,(H2,20,22)/t12?,14-/m1/s1. The molecule has 11 heteroatoms. The second-order valence-corrected chi connectivity index (χ2v) is 9.07. The number of methoxy groups -OCH3 is 1. The van der Waals surface area contributed by atoms with Gasteiger partial charge in [-0.2, -0.15) is 9.37 Å². The number of hydrogen-bond acceptors (Lipinski definition) is 7. The molecule has 0 amide bonds. The lowest BCUT2D eigenvalue weighted by Crippen LogP contribution is -2.62. The van der Waals surface area contributed by atoms with E-state index >= 15 is 0 Å². The first-order valence-corrected chi connectivity index (χ1v) is 10.5. The summed E-state index contributed by atoms with van der Waals surface area (Å²) in [4.78, 5) is 9.90. The molecule has 2 aromatic rings. The van der Waals surface area contributed by atoms with Gasteiger partial charge in [0.2, 0.25) is 27.7 Å². The fourth-order valence-electron chi connectivity index (χ4n) is 3.72. The van der Waals surface area contributed by atoms with E-state index in [4.69, 9.17) is 10.1 Å². The van der Waals surface area contributed by atoms with Gasteiger partial charge in [-0.15, -0.1) is 0 Å². The maximum atomic E-state index is 14.0. The van der Waals surface area contributed by atoms with Crippen molar-refractivity contribution < 1.29 is 17.5 Å². The minimum Gasteiger partial charge on any atom is -0.479 e. The Morgan fingerprint density at radius 3 is 2.66 bits per heavy atom. The number of anilines is 2. The van der Waals surface area contributed by atoms with E-state index in [1.807, 2.05) is 6.07 Å². The molecule has 2 aliphatic heterocycles. The van der Waals surface area contributed by atoms with Crippen LogP contribution in [0.3, 0.4) is 0 Å². The van der Waals surface area contributed by atoms with Crippen molar-refractivity contribution in [1.29, 1.82) is 5.41 Å². The lowest BCUT2D eigenvalue weighted by atomic mass is 10.2. The zero-order valence-corrected chi connectivity index (χ0v) is 17.0. The normalized spacial score (nSPS) is 23.0. The number of nitrogens with zero attached hydrogens (tertiary/aromatic N) is 4. The molecular formula is C18H21FN6O3S. The highest BCUT2D eigenvalue weighted by atomic mass is 32.2. The van der Waals surface area contributed by atoms with Crippen molar-refractivity contribution in [3.8, 4) is 5.88 Å². The van der Waals surface area contributed by atoms with Gasteiger partial charge in [-0.05, 0) is 25.5 Å². The molecule has 2 fully saturated rings. The third kappa shape index (κ3) is 3.05. The minimum atomic E-state index is -3.86. The molecule has 2 atom stereocenters. The monoisotopic (exact) mass is 420 g/mol. The minimum absolute atomic E-state index is 0.115. The smallest absolute Gasteiger partial charge is 0.255 e. The molecule has 1 aromatic heterocycles. The molecule has 1 aromatic carbocycles. The lowest BCUT2D eigenvalue weighted by Gasteiger charge is -2.36. The van der Waals surface area contributed by atoms with Crippen LogP contribution in [0.2, 0.25) is 0 Å². The van der Waals surface area contributed by atoms with Gasteiger partial charge >= 0.3 is 0 Å². The van der Waals surface area contributed by atoms with Gasteiger partial charge in [0.15, 0.2) is 0 Å². The number of para-hydroxylation sites is 1. The van der Waals surface area contributed by atoms with Crippen molar-refractivity contribution >= 4 is 27.6 Å². The molecule has 3 heterocycles. The van der Waals surface area contributed by atoms with E-state index in [0.717, 1.165) is 9.87 Å². The zero-order chi connectivity index (χ0) is 20.9. The molecule has 0 aliphatic carbocycles. The summed E-state index contributed by atoms with van der Waals surface area (Å²) in [6.45, 7) is 3.68. The van der Waals surface area contributed by atoms with Crippen molar-refractivity contribution in [1.82, 2.24) is 15.3 Å². The van der Waals surface area contributed by atoms with E-state index in [1.165, 1.54) is 14.0 Å². The Morgan fingerprint density at radius 2 is 1.97 bits per heavy atom. The van der Waals surface area contributed by atoms with E-state index in [9.17, 15) is 12.8 Å². The van der Waals surface area contributed by atoms with Crippen LogP contribution in [0.25, 0.3) is 0 Å². The van der Waals surface area contributed by atoms with Gasteiger partial charge in [-0.3, -0.25) is 5.41 Å². The molecule has 154 valence electrons. The second-order valence-electron chi connectivity index (χ2n) is 7.07. The Bertz CT molecular complexity index is 1090. The van der Waals surface area contributed by atoms with E-state index < -0.39 is 27.1 Å². The van der Waals surface area contributed by atoms with Crippen LogP contribution in [0.1, 0.15) is 11.3 Å². The third-order valence-corrected chi connectivity index (χ3v) is 7.34. The van der Waals surface area contributed by atoms with E-state index in [0.29, 0.717) is 5.69 Å². The fraction of sp³-hybridized carbons (Fsp3) is 0.389. The van der Waals surface area contributed by atoms with Crippen molar-refractivity contribution in [2.45, 2.75) is 25.1 Å². The van der Waals surface area contributed by atoms with E-state index in [-0.39, 0.29) is 36.6 Å². The van der Waals surface area contributed by atoms with Gasteiger partial charge in [0, 0.05) is 13.1 Å². The summed E-state index contributed by atoms with van der Waals surface area (Å²) in [6, 6.07) is 6.51. The first-order chi connectivity index (χ1) is 13.7. The first kappa shape index (κ1) is 19.4. The quantitative estimate of drug-likeness (QED) is 0.767. The van der Waals surface area contributed by atoms with Crippen molar-refractivity contribution in [3.05, 3.63) is 41.3 Å². The number of sulfonamides is 1. The number of guanidine groups is 1. The number of aryl methyl sites for hydroxylation is 2. The molecule has 0 radical (unpaired) electrons. The molecule has 0 bridgehead atoms. The van der Waals surface area contributed by atoms with Crippen LogP contribution in [-0.4, -0.2) is 55.8 Å². The number of halogens is 1. The van der Waals surface area contributed by atoms with Crippen LogP contribution >= 0.6 is 0 Å². The zero-order valence-electron chi connectivity index (χ0n) is 16.2. The van der Waals surface area contributed by atoms with Crippen LogP contribution in [-0.2, 0) is 10.0 Å². The van der Waals surface area contributed by atoms with E-state index in [2.05, 4.69) is 15.3 Å². The molecule has 2 saturated heterocycles. The number of fused-ring (bicyclic) bond motifs is 1. The summed E-state index contributed by atoms with van der Waals surface area (Å²) < 4.78 is 46.8. The highest BCUT2D eigenvalue weighted by molar-refractivity contribution is 7.94. The second kappa shape index (κ2) is 6.83. The average Bonchev–Trinajstić information content (AvgIpc) is 3.10. The molecule has 0 spiro atoms. The topological polar surface area (TPSA) is 112 Å². The van der Waals surface area contributed by atoms with Gasteiger partial charge in [-0.1, -0.05) is 18.2 Å². The number of nitrogens with one attached hydrogen (secondary N) is 2. The number of ether oxygens (including phenoxy) is 1. The van der Waals surface area contributed by atoms with Crippen molar-refractivity contribution in [3.63, 3.8) is 0 Å². The highest BCUT2D eigenvalue weighted by Gasteiger charge is 2.51. The molecule has 2 N–H and O–H groups in total. The number of benzene rings is 1. The Labute approximate surface area is 168 Å². The molecule has 1 unspecified atom stereocenters. The largest absolute Gasteiger partial charge is 0.479 e. The van der Waals surface area contributed by atoms with Gasteiger partial charge in [0.05, 0.1) is 24.5 Å². The highest BCUT2D eigenvalue weighted by Crippen LogP contribution is 2.33. The van der Waals surface area contributed by atoms with Crippen LogP contribution in [0.4, 0.5) is 16.0 Å². The van der Waals surface area contributed by atoms with Crippen LogP contribution in [0.5, 0.6) is 5.88 Å². The maximum absolute atomic E-state index is 14.0. The first-order valence-electron chi connectivity index (χ1n) is 9.02. The van der Waals surface area contributed by atoms with Crippen molar-refractivity contribution in [2.75, 3.05) is 29.4 Å². The number of rotatable bonds is 3. The van der Waals surface area contributed by atoms with Crippen molar-refractivity contribution in [2.24, 2.45) is 0 Å². The predicted octanol–water partition coefficient (Wildman–Crippen LogP) is 1.17. The summed E-state index contributed by atoms with van der Waals surface area (Å²) in [5.74, 6) is -0.837. The lowest BCUT2D eigenvalue weighted by molar-refractivity contribution is 0.365.